The van der Waals surface area contributed by atoms with Gasteiger partial charge in [0, 0.05) is 25.7 Å². The zero-order valence-corrected chi connectivity index (χ0v) is 10.00. The molecule has 1 unspecified atom stereocenters. The van der Waals surface area contributed by atoms with Gasteiger partial charge in [0.15, 0.2) is 0 Å². The van der Waals surface area contributed by atoms with E-state index in [1.54, 1.807) is 0 Å². The van der Waals surface area contributed by atoms with Crippen LogP contribution in [0, 0.1) is 0 Å². The first kappa shape index (κ1) is 12.7. The van der Waals surface area contributed by atoms with Crippen molar-refractivity contribution < 1.29 is 5.11 Å². The van der Waals surface area contributed by atoms with E-state index in [9.17, 15) is 0 Å². The standard InChI is InChI=1S/C12H24N2O/c1-10(8-13-12-4-5-12)9-14(3)7-6-11(2)15/h11-13,15H,1,4-9H2,2-3H3. The van der Waals surface area contributed by atoms with Gasteiger partial charge in [-0.05, 0) is 38.8 Å². The van der Waals surface area contributed by atoms with E-state index in [4.69, 9.17) is 5.11 Å². The van der Waals surface area contributed by atoms with E-state index in [1.807, 2.05) is 6.92 Å². The fourth-order valence-corrected chi connectivity index (χ4v) is 1.50. The molecule has 0 aliphatic heterocycles. The summed E-state index contributed by atoms with van der Waals surface area (Å²) in [5.41, 5.74) is 1.23. The van der Waals surface area contributed by atoms with Crippen LogP contribution in [0.3, 0.4) is 0 Å². The third-order valence-corrected chi connectivity index (χ3v) is 2.64. The lowest BCUT2D eigenvalue weighted by atomic mass is 10.2. The van der Waals surface area contributed by atoms with E-state index in [2.05, 4.69) is 23.8 Å². The number of rotatable bonds is 8. The summed E-state index contributed by atoms with van der Waals surface area (Å²) < 4.78 is 0. The lowest BCUT2D eigenvalue weighted by Gasteiger charge is -2.19. The average Bonchev–Trinajstić information content (AvgIpc) is 2.95. The van der Waals surface area contributed by atoms with Crippen LogP contribution in [0.25, 0.3) is 0 Å². The second-order valence-corrected chi connectivity index (χ2v) is 4.78. The highest BCUT2D eigenvalue weighted by molar-refractivity contribution is 5.01. The van der Waals surface area contributed by atoms with Crippen molar-refractivity contribution in [1.29, 1.82) is 0 Å². The maximum absolute atomic E-state index is 9.16. The lowest BCUT2D eigenvalue weighted by Crippen LogP contribution is -2.28. The molecule has 1 aliphatic rings. The van der Waals surface area contributed by atoms with Gasteiger partial charge >= 0.3 is 0 Å². The van der Waals surface area contributed by atoms with E-state index >= 15 is 0 Å². The third-order valence-electron chi connectivity index (χ3n) is 2.64. The Kier molecular flexibility index (Phi) is 5.29. The maximum atomic E-state index is 9.16. The molecule has 1 aliphatic carbocycles. The van der Waals surface area contributed by atoms with Crippen LogP contribution in [0.5, 0.6) is 0 Å². The average molecular weight is 212 g/mol. The summed E-state index contributed by atoms with van der Waals surface area (Å²) in [4.78, 5) is 2.21. The molecule has 1 rings (SSSR count). The van der Waals surface area contributed by atoms with Gasteiger partial charge in [-0.1, -0.05) is 6.58 Å². The molecule has 0 heterocycles. The minimum absolute atomic E-state index is 0.203. The minimum atomic E-state index is -0.203. The molecule has 1 saturated carbocycles. The molecule has 1 fully saturated rings. The SMILES string of the molecule is C=C(CNC1CC1)CN(C)CCC(C)O. The Labute approximate surface area is 93.2 Å². The van der Waals surface area contributed by atoms with Gasteiger partial charge in [0.25, 0.3) is 0 Å². The van der Waals surface area contributed by atoms with E-state index in [-0.39, 0.29) is 6.10 Å². The van der Waals surface area contributed by atoms with E-state index in [0.29, 0.717) is 0 Å². The summed E-state index contributed by atoms with van der Waals surface area (Å²) in [6, 6.07) is 0.754. The van der Waals surface area contributed by atoms with Crippen LogP contribution in [-0.4, -0.2) is 48.8 Å². The number of aliphatic hydroxyl groups is 1. The van der Waals surface area contributed by atoms with Crippen LogP contribution in [0.4, 0.5) is 0 Å². The van der Waals surface area contributed by atoms with Crippen LogP contribution in [0.15, 0.2) is 12.2 Å². The van der Waals surface area contributed by atoms with Gasteiger partial charge in [0.05, 0.1) is 6.10 Å². The van der Waals surface area contributed by atoms with Crippen molar-refractivity contribution >= 4 is 0 Å². The van der Waals surface area contributed by atoms with Gasteiger partial charge < -0.3 is 15.3 Å². The molecule has 1 atom stereocenters. The molecule has 88 valence electrons. The molecular weight excluding hydrogens is 188 g/mol. The van der Waals surface area contributed by atoms with Crippen LogP contribution >= 0.6 is 0 Å². The Morgan fingerprint density at radius 1 is 1.60 bits per heavy atom. The van der Waals surface area contributed by atoms with Gasteiger partial charge in [-0.15, -0.1) is 0 Å². The normalized spacial score (nSPS) is 18.1. The topological polar surface area (TPSA) is 35.5 Å². The first-order valence-corrected chi connectivity index (χ1v) is 5.84. The van der Waals surface area contributed by atoms with Crippen molar-refractivity contribution in [3.05, 3.63) is 12.2 Å². The Bertz CT molecular complexity index is 200. The molecular formula is C12H24N2O. The number of aliphatic hydroxyl groups excluding tert-OH is 1. The molecule has 0 saturated heterocycles. The molecule has 3 nitrogen and oxygen atoms in total. The summed E-state index contributed by atoms with van der Waals surface area (Å²) in [7, 11) is 2.07. The van der Waals surface area contributed by atoms with Gasteiger partial charge in [-0.3, -0.25) is 0 Å². The smallest absolute Gasteiger partial charge is 0.0524 e. The number of hydrogen-bond acceptors (Lipinski definition) is 3. The highest BCUT2D eigenvalue weighted by Crippen LogP contribution is 2.18. The predicted molar refractivity (Wildman–Crippen MR) is 64.0 cm³/mol. The molecule has 2 N–H and O–H groups in total. The quantitative estimate of drug-likeness (QED) is 0.589. The van der Waals surface area contributed by atoms with Crippen molar-refractivity contribution in [2.24, 2.45) is 0 Å². The van der Waals surface area contributed by atoms with E-state index < -0.39 is 0 Å². The largest absolute Gasteiger partial charge is 0.393 e. The highest BCUT2D eigenvalue weighted by Gasteiger charge is 2.20. The fraction of sp³-hybridized carbons (Fsp3) is 0.833. The summed E-state index contributed by atoms with van der Waals surface area (Å²) in [5, 5.41) is 12.6. The summed E-state index contributed by atoms with van der Waals surface area (Å²) in [6.07, 6.45) is 3.28. The van der Waals surface area contributed by atoms with Crippen LogP contribution < -0.4 is 5.32 Å². The van der Waals surface area contributed by atoms with Gasteiger partial charge in [-0.25, -0.2) is 0 Å². The molecule has 15 heavy (non-hydrogen) atoms. The first-order valence-electron chi connectivity index (χ1n) is 5.84. The van der Waals surface area contributed by atoms with Crippen molar-refractivity contribution in [3.63, 3.8) is 0 Å². The zero-order chi connectivity index (χ0) is 11.3. The molecule has 0 aromatic heterocycles. The second-order valence-electron chi connectivity index (χ2n) is 4.78. The van der Waals surface area contributed by atoms with Crippen molar-refractivity contribution in [3.8, 4) is 0 Å². The number of nitrogens with one attached hydrogen (secondary N) is 1. The number of nitrogens with zero attached hydrogens (tertiary/aromatic N) is 1. The Morgan fingerprint density at radius 3 is 2.80 bits per heavy atom. The Morgan fingerprint density at radius 2 is 2.27 bits per heavy atom. The second kappa shape index (κ2) is 6.26. The van der Waals surface area contributed by atoms with Crippen LogP contribution in [0.2, 0.25) is 0 Å². The van der Waals surface area contributed by atoms with Crippen LogP contribution in [-0.2, 0) is 0 Å². The van der Waals surface area contributed by atoms with Gasteiger partial charge in [0.1, 0.15) is 0 Å². The van der Waals surface area contributed by atoms with Crippen molar-refractivity contribution in [1.82, 2.24) is 10.2 Å². The summed E-state index contributed by atoms with van der Waals surface area (Å²) in [5.74, 6) is 0. The monoisotopic (exact) mass is 212 g/mol. The maximum Gasteiger partial charge on any atom is 0.0524 e. The highest BCUT2D eigenvalue weighted by atomic mass is 16.3. The molecule has 0 aromatic rings. The number of hydrogen-bond donors (Lipinski definition) is 2. The lowest BCUT2D eigenvalue weighted by molar-refractivity contribution is 0.167. The summed E-state index contributed by atoms with van der Waals surface area (Å²) >= 11 is 0. The Hall–Kier alpha value is -0.380. The molecule has 0 spiro atoms. The predicted octanol–water partition coefficient (Wildman–Crippen LogP) is 0.997. The van der Waals surface area contributed by atoms with Crippen molar-refractivity contribution in [2.75, 3.05) is 26.7 Å². The zero-order valence-electron chi connectivity index (χ0n) is 10.00. The molecule has 0 amide bonds. The third kappa shape index (κ3) is 6.66. The molecule has 0 radical (unpaired) electrons. The molecule has 0 aromatic carbocycles. The van der Waals surface area contributed by atoms with Gasteiger partial charge in [0.2, 0.25) is 0 Å². The van der Waals surface area contributed by atoms with E-state index in [0.717, 1.165) is 32.1 Å². The van der Waals surface area contributed by atoms with E-state index in [1.165, 1.54) is 18.4 Å². The van der Waals surface area contributed by atoms with Crippen LogP contribution in [0.1, 0.15) is 26.2 Å². The first-order chi connectivity index (χ1) is 7.08. The fourth-order valence-electron chi connectivity index (χ4n) is 1.50. The van der Waals surface area contributed by atoms with Crippen molar-refractivity contribution in [2.45, 2.75) is 38.3 Å². The minimum Gasteiger partial charge on any atom is -0.393 e. The summed E-state index contributed by atoms with van der Waals surface area (Å²) in [6.45, 7) is 8.67. The Balaban J connectivity index is 2.01. The van der Waals surface area contributed by atoms with Gasteiger partial charge in [-0.2, -0.15) is 0 Å². The number of likely N-dealkylation sites (N-methyl/N-ethyl adjacent to an activating group) is 1. The molecule has 3 heteroatoms. The molecule has 0 bridgehead atoms.